The fraction of sp³-hybridized carbons (Fsp3) is 0.412. The van der Waals surface area contributed by atoms with E-state index in [4.69, 9.17) is 4.74 Å². The molecule has 3 rings (SSSR count). The standard InChI is InChI=1S/C17H22N4O4S/c1-13-16(12-18-19(13)2)17(22)20-8-10-21(11-9-20)26(23,24)15-6-4-14(25-3)5-7-15/h4-7,12H,8-11H2,1-3H3. The molecule has 1 aromatic carbocycles. The fourth-order valence-electron chi connectivity index (χ4n) is 2.91. The summed E-state index contributed by atoms with van der Waals surface area (Å²) >= 11 is 0. The van der Waals surface area contributed by atoms with Crippen LogP contribution in [0.1, 0.15) is 16.1 Å². The van der Waals surface area contributed by atoms with Gasteiger partial charge >= 0.3 is 0 Å². The van der Waals surface area contributed by atoms with E-state index in [1.807, 2.05) is 6.92 Å². The van der Waals surface area contributed by atoms with Crippen LogP contribution in [0.3, 0.4) is 0 Å². The molecule has 9 heteroatoms. The van der Waals surface area contributed by atoms with E-state index >= 15 is 0 Å². The first-order valence-electron chi connectivity index (χ1n) is 8.26. The third kappa shape index (κ3) is 3.32. The summed E-state index contributed by atoms with van der Waals surface area (Å²) in [6, 6.07) is 6.31. The minimum atomic E-state index is -3.58. The molecule has 0 N–H and O–H groups in total. The Bertz CT molecular complexity index is 897. The first-order valence-corrected chi connectivity index (χ1v) is 9.70. The van der Waals surface area contributed by atoms with Gasteiger partial charge in [-0.2, -0.15) is 9.40 Å². The molecule has 1 fully saturated rings. The van der Waals surface area contributed by atoms with Crippen LogP contribution < -0.4 is 4.74 Å². The molecule has 1 aliphatic heterocycles. The smallest absolute Gasteiger partial charge is 0.257 e. The Kier molecular flexibility index (Phi) is 5.01. The first-order chi connectivity index (χ1) is 12.3. The lowest BCUT2D eigenvalue weighted by atomic mass is 10.2. The number of aryl methyl sites for hydroxylation is 1. The first kappa shape index (κ1) is 18.4. The van der Waals surface area contributed by atoms with Gasteiger partial charge in [-0.15, -0.1) is 0 Å². The zero-order valence-electron chi connectivity index (χ0n) is 15.0. The van der Waals surface area contributed by atoms with Gasteiger partial charge in [0, 0.05) is 38.9 Å². The lowest BCUT2D eigenvalue weighted by molar-refractivity contribution is 0.0697. The van der Waals surface area contributed by atoms with Crippen molar-refractivity contribution in [3.8, 4) is 5.75 Å². The molecule has 0 radical (unpaired) electrons. The third-order valence-corrected chi connectivity index (χ3v) is 6.60. The van der Waals surface area contributed by atoms with Crippen LogP contribution in [-0.4, -0.2) is 66.6 Å². The van der Waals surface area contributed by atoms with E-state index in [9.17, 15) is 13.2 Å². The number of carbonyl (C=O) groups excluding carboxylic acids is 1. The lowest BCUT2D eigenvalue weighted by Crippen LogP contribution is -2.50. The van der Waals surface area contributed by atoms with E-state index in [1.165, 1.54) is 23.5 Å². The number of piperazine rings is 1. The summed E-state index contributed by atoms with van der Waals surface area (Å²) in [6.07, 6.45) is 1.55. The van der Waals surface area contributed by atoms with Gasteiger partial charge in [0.2, 0.25) is 10.0 Å². The van der Waals surface area contributed by atoms with Crippen molar-refractivity contribution in [3.05, 3.63) is 41.7 Å². The second-order valence-electron chi connectivity index (χ2n) is 6.14. The van der Waals surface area contributed by atoms with E-state index < -0.39 is 10.0 Å². The maximum absolute atomic E-state index is 12.8. The Morgan fingerprint density at radius 1 is 1.12 bits per heavy atom. The summed E-state index contributed by atoms with van der Waals surface area (Å²) in [5, 5.41) is 4.09. The largest absolute Gasteiger partial charge is 0.497 e. The Morgan fingerprint density at radius 2 is 1.73 bits per heavy atom. The highest BCUT2D eigenvalue weighted by Crippen LogP contribution is 2.21. The maximum Gasteiger partial charge on any atom is 0.257 e. The molecular formula is C17H22N4O4S. The minimum Gasteiger partial charge on any atom is -0.497 e. The van der Waals surface area contributed by atoms with Crippen molar-refractivity contribution in [2.75, 3.05) is 33.3 Å². The number of carbonyl (C=O) groups is 1. The number of benzene rings is 1. The molecule has 0 unspecified atom stereocenters. The second-order valence-corrected chi connectivity index (χ2v) is 8.08. The van der Waals surface area contributed by atoms with Gasteiger partial charge in [-0.3, -0.25) is 9.48 Å². The molecule has 0 saturated carbocycles. The molecular weight excluding hydrogens is 356 g/mol. The van der Waals surface area contributed by atoms with Gasteiger partial charge in [0.15, 0.2) is 0 Å². The molecule has 2 heterocycles. The van der Waals surface area contributed by atoms with Crippen molar-refractivity contribution in [1.82, 2.24) is 19.0 Å². The molecule has 1 amide bonds. The SMILES string of the molecule is COc1ccc(S(=O)(=O)N2CCN(C(=O)c3cnn(C)c3C)CC2)cc1. The minimum absolute atomic E-state index is 0.114. The van der Waals surface area contributed by atoms with Gasteiger partial charge < -0.3 is 9.64 Å². The Hall–Kier alpha value is -2.39. The van der Waals surface area contributed by atoms with Gasteiger partial charge in [0.25, 0.3) is 5.91 Å². The van der Waals surface area contributed by atoms with Crippen LogP contribution >= 0.6 is 0 Å². The molecule has 0 aliphatic carbocycles. The number of methoxy groups -OCH3 is 1. The number of amides is 1. The van der Waals surface area contributed by atoms with Crippen LogP contribution in [0.5, 0.6) is 5.75 Å². The average molecular weight is 378 g/mol. The maximum atomic E-state index is 12.8. The summed E-state index contributed by atoms with van der Waals surface area (Å²) in [5.41, 5.74) is 1.35. The number of nitrogens with zero attached hydrogens (tertiary/aromatic N) is 4. The highest BCUT2D eigenvalue weighted by molar-refractivity contribution is 7.89. The number of rotatable bonds is 4. The summed E-state index contributed by atoms with van der Waals surface area (Å²) in [4.78, 5) is 14.5. The van der Waals surface area contributed by atoms with E-state index in [2.05, 4.69) is 5.10 Å². The monoisotopic (exact) mass is 378 g/mol. The van der Waals surface area contributed by atoms with Crippen LogP contribution in [-0.2, 0) is 17.1 Å². The van der Waals surface area contributed by atoms with Crippen molar-refractivity contribution in [3.63, 3.8) is 0 Å². The van der Waals surface area contributed by atoms with Gasteiger partial charge in [0.1, 0.15) is 5.75 Å². The van der Waals surface area contributed by atoms with Gasteiger partial charge in [0.05, 0.1) is 23.8 Å². The molecule has 1 aliphatic rings. The number of aromatic nitrogens is 2. The van der Waals surface area contributed by atoms with Crippen molar-refractivity contribution < 1.29 is 17.9 Å². The Balaban J connectivity index is 1.69. The predicted octanol–water partition coefficient (Wildman–Crippen LogP) is 0.884. The molecule has 140 valence electrons. The Morgan fingerprint density at radius 3 is 2.23 bits per heavy atom. The topological polar surface area (TPSA) is 84.7 Å². The summed E-state index contributed by atoms with van der Waals surface area (Å²) < 4.78 is 33.6. The number of hydrogen-bond donors (Lipinski definition) is 0. The number of sulfonamides is 1. The van der Waals surface area contributed by atoms with E-state index in [1.54, 1.807) is 35.0 Å². The van der Waals surface area contributed by atoms with Crippen LogP contribution in [0.25, 0.3) is 0 Å². The van der Waals surface area contributed by atoms with Crippen LogP contribution in [0.15, 0.2) is 35.4 Å². The predicted molar refractivity (Wildman–Crippen MR) is 95.6 cm³/mol. The molecule has 8 nitrogen and oxygen atoms in total. The molecule has 0 bridgehead atoms. The van der Waals surface area contributed by atoms with E-state index in [-0.39, 0.29) is 23.9 Å². The van der Waals surface area contributed by atoms with E-state index in [0.29, 0.717) is 24.4 Å². The van der Waals surface area contributed by atoms with Crippen LogP contribution in [0, 0.1) is 6.92 Å². The Labute approximate surface area is 153 Å². The summed E-state index contributed by atoms with van der Waals surface area (Å²) in [6.45, 7) is 3.06. The third-order valence-electron chi connectivity index (χ3n) is 4.69. The van der Waals surface area contributed by atoms with Crippen molar-refractivity contribution in [1.29, 1.82) is 0 Å². The zero-order chi connectivity index (χ0) is 18.9. The highest BCUT2D eigenvalue weighted by Gasteiger charge is 2.31. The van der Waals surface area contributed by atoms with Crippen molar-refractivity contribution >= 4 is 15.9 Å². The van der Waals surface area contributed by atoms with Crippen molar-refractivity contribution in [2.24, 2.45) is 7.05 Å². The van der Waals surface area contributed by atoms with E-state index in [0.717, 1.165) is 5.69 Å². The zero-order valence-corrected chi connectivity index (χ0v) is 15.9. The average Bonchev–Trinajstić information content (AvgIpc) is 3.00. The van der Waals surface area contributed by atoms with Gasteiger partial charge in [-0.25, -0.2) is 8.42 Å². The lowest BCUT2D eigenvalue weighted by Gasteiger charge is -2.34. The normalized spacial score (nSPS) is 15.9. The molecule has 1 aromatic heterocycles. The second kappa shape index (κ2) is 7.08. The number of hydrogen-bond acceptors (Lipinski definition) is 5. The molecule has 0 atom stereocenters. The van der Waals surface area contributed by atoms with Crippen molar-refractivity contribution in [2.45, 2.75) is 11.8 Å². The fourth-order valence-corrected chi connectivity index (χ4v) is 4.33. The van der Waals surface area contributed by atoms with Crippen LogP contribution in [0.4, 0.5) is 0 Å². The van der Waals surface area contributed by atoms with Gasteiger partial charge in [-0.05, 0) is 31.2 Å². The molecule has 1 saturated heterocycles. The molecule has 2 aromatic rings. The quantitative estimate of drug-likeness (QED) is 0.789. The highest BCUT2D eigenvalue weighted by atomic mass is 32.2. The van der Waals surface area contributed by atoms with Crippen LogP contribution in [0.2, 0.25) is 0 Å². The summed E-state index contributed by atoms with van der Waals surface area (Å²) in [5.74, 6) is 0.489. The van der Waals surface area contributed by atoms with Gasteiger partial charge in [-0.1, -0.05) is 0 Å². The molecule has 0 spiro atoms. The number of ether oxygens (including phenoxy) is 1. The summed E-state index contributed by atoms with van der Waals surface area (Å²) in [7, 11) is -0.267. The molecule has 26 heavy (non-hydrogen) atoms.